The molecule has 2 unspecified atom stereocenters. The van der Waals surface area contributed by atoms with E-state index in [4.69, 9.17) is 9.47 Å². The molecule has 192 valence electrons. The molecule has 2 bridgehead atoms. The zero-order chi connectivity index (χ0) is 26.2. The van der Waals surface area contributed by atoms with Crippen LogP contribution in [0.5, 0.6) is 0 Å². The van der Waals surface area contributed by atoms with Crippen LogP contribution in [0, 0.1) is 23.1 Å². The lowest BCUT2D eigenvalue weighted by molar-refractivity contribution is -0.130. The topological polar surface area (TPSA) is 79.6 Å². The summed E-state index contributed by atoms with van der Waals surface area (Å²) in [5.74, 6) is -0.832. The number of halogens is 1. The molecule has 3 aromatic rings. The predicted molar refractivity (Wildman–Crippen MR) is 138 cm³/mol. The Hall–Kier alpha value is -4.02. The number of hydrogen-bond donors (Lipinski definition) is 0. The molecular formula is C31H27FN2O4. The molecule has 0 saturated carbocycles. The van der Waals surface area contributed by atoms with Crippen molar-refractivity contribution in [2.75, 3.05) is 19.8 Å². The highest BCUT2D eigenvalue weighted by atomic mass is 19.1. The standard InChI is InChI=1S/C31H27FN2O4/c32-22-10-9-19(15-33)20(11-22)14-30(35)21-12-23-16-37-17-24(13-21)34(23)31(36)38-18-29-27-7-3-1-5-25(27)26-6-2-4-8-28(26)29/h1-11,21,23-24,29H,12-14,16-18H2. The molecule has 6 nitrogen and oxygen atoms in total. The van der Waals surface area contributed by atoms with Crippen molar-refractivity contribution >= 4 is 11.9 Å². The smallest absolute Gasteiger partial charge is 0.410 e. The third-order valence-electron chi connectivity index (χ3n) is 8.08. The average Bonchev–Trinajstić information content (AvgIpc) is 3.24. The van der Waals surface area contributed by atoms with Crippen molar-refractivity contribution in [3.63, 3.8) is 0 Å². The van der Waals surface area contributed by atoms with Gasteiger partial charge in [0.05, 0.1) is 36.9 Å². The Labute approximate surface area is 220 Å². The minimum Gasteiger partial charge on any atom is -0.448 e. The maximum absolute atomic E-state index is 13.8. The van der Waals surface area contributed by atoms with Crippen molar-refractivity contribution in [3.05, 3.63) is 94.8 Å². The lowest BCUT2D eigenvalue weighted by atomic mass is 9.81. The normalized spacial score (nSPS) is 21.8. The molecule has 3 aliphatic rings. The van der Waals surface area contributed by atoms with Crippen LogP contribution in [0.1, 0.15) is 41.0 Å². The lowest BCUT2D eigenvalue weighted by Crippen LogP contribution is -2.60. The number of ether oxygens (including phenoxy) is 2. The second-order valence-corrected chi connectivity index (χ2v) is 10.3. The Kier molecular flexibility index (Phi) is 6.42. The number of rotatable bonds is 5. The molecule has 2 atom stereocenters. The van der Waals surface area contributed by atoms with E-state index in [2.05, 4.69) is 24.3 Å². The highest BCUT2D eigenvalue weighted by Crippen LogP contribution is 2.44. The number of ketones is 1. The van der Waals surface area contributed by atoms with Crippen LogP contribution in [-0.2, 0) is 20.7 Å². The molecule has 0 aromatic heterocycles. The summed E-state index contributed by atoms with van der Waals surface area (Å²) in [6, 6.07) is 21.8. The van der Waals surface area contributed by atoms with Gasteiger partial charge in [0.25, 0.3) is 0 Å². The zero-order valence-electron chi connectivity index (χ0n) is 20.8. The van der Waals surface area contributed by atoms with Crippen molar-refractivity contribution in [2.24, 2.45) is 5.92 Å². The molecule has 2 saturated heterocycles. The van der Waals surface area contributed by atoms with Crippen LogP contribution in [0.15, 0.2) is 66.7 Å². The Balaban J connectivity index is 1.14. The Morgan fingerprint density at radius 1 is 0.974 bits per heavy atom. The first-order valence-corrected chi connectivity index (χ1v) is 13.0. The van der Waals surface area contributed by atoms with Gasteiger partial charge in [0.15, 0.2) is 0 Å². The Morgan fingerprint density at radius 2 is 1.61 bits per heavy atom. The fourth-order valence-electron chi connectivity index (χ4n) is 6.29. The third-order valence-corrected chi connectivity index (χ3v) is 8.08. The number of amides is 1. The van der Waals surface area contributed by atoms with Gasteiger partial charge >= 0.3 is 6.09 Å². The van der Waals surface area contributed by atoms with Crippen LogP contribution in [0.25, 0.3) is 11.1 Å². The largest absolute Gasteiger partial charge is 0.448 e. The number of nitriles is 1. The van der Waals surface area contributed by atoms with Crippen molar-refractivity contribution in [2.45, 2.75) is 37.3 Å². The van der Waals surface area contributed by atoms with Crippen LogP contribution < -0.4 is 0 Å². The summed E-state index contributed by atoms with van der Waals surface area (Å²) < 4.78 is 25.4. The second kappa shape index (κ2) is 10.0. The van der Waals surface area contributed by atoms with E-state index in [0.717, 1.165) is 11.1 Å². The summed E-state index contributed by atoms with van der Waals surface area (Å²) in [6.07, 6.45) is 0.525. The predicted octanol–water partition coefficient (Wildman–Crippen LogP) is 5.24. The summed E-state index contributed by atoms with van der Waals surface area (Å²) >= 11 is 0. The molecule has 2 heterocycles. The number of carbonyl (C=O) groups is 2. The molecule has 3 aromatic carbocycles. The maximum atomic E-state index is 13.8. The summed E-state index contributed by atoms with van der Waals surface area (Å²) in [5, 5.41) is 9.34. The highest BCUT2D eigenvalue weighted by Gasteiger charge is 2.44. The summed E-state index contributed by atoms with van der Waals surface area (Å²) in [4.78, 5) is 28.3. The Bertz CT molecular complexity index is 1390. The van der Waals surface area contributed by atoms with Gasteiger partial charge in [0, 0.05) is 18.3 Å². The molecule has 1 aliphatic carbocycles. The van der Waals surface area contributed by atoms with Crippen LogP contribution in [-0.4, -0.2) is 48.7 Å². The van der Waals surface area contributed by atoms with E-state index in [1.165, 1.54) is 29.3 Å². The van der Waals surface area contributed by atoms with Crippen LogP contribution >= 0.6 is 0 Å². The van der Waals surface area contributed by atoms with Gasteiger partial charge in [-0.05, 0) is 58.9 Å². The lowest BCUT2D eigenvalue weighted by Gasteiger charge is -2.47. The minimum absolute atomic E-state index is 0.00341. The van der Waals surface area contributed by atoms with Gasteiger partial charge in [0.1, 0.15) is 18.2 Å². The van der Waals surface area contributed by atoms with Gasteiger partial charge in [-0.15, -0.1) is 0 Å². The third kappa shape index (κ3) is 4.35. The van der Waals surface area contributed by atoms with E-state index >= 15 is 0 Å². The van der Waals surface area contributed by atoms with Crippen molar-refractivity contribution in [3.8, 4) is 17.2 Å². The molecule has 6 rings (SSSR count). The van der Waals surface area contributed by atoms with E-state index < -0.39 is 5.82 Å². The van der Waals surface area contributed by atoms with Crippen molar-refractivity contribution in [1.29, 1.82) is 5.26 Å². The number of benzene rings is 3. The maximum Gasteiger partial charge on any atom is 0.410 e. The van der Waals surface area contributed by atoms with Gasteiger partial charge in [-0.1, -0.05) is 48.5 Å². The molecule has 2 fully saturated rings. The van der Waals surface area contributed by atoms with Gasteiger partial charge in [0.2, 0.25) is 0 Å². The van der Waals surface area contributed by atoms with E-state index in [1.54, 1.807) is 4.90 Å². The molecule has 7 heteroatoms. The summed E-state index contributed by atoms with van der Waals surface area (Å²) in [5.41, 5.74) is 5.36. The van der Waals surface area contributed by atoms with Gasteiger partial charge in [-0.2, -0.15) is 5.26 Å². The van der Waals surface area contributed by atoms with Crippen LogP contribution in [0.4, 0.5) is 9.18 Å². The molecule has 2 aliphatic heterocycles. The number of piperidine rings is 1. The van der Waals surface area contributed by atoms with Crippen molar-refractivity contribution < 1.29 is 23.5 Å². The van der Waals surface area contributed by atoms with E-state index in [-0.39, 0.29) is 48.8 Å². The van der Waals surface area contributed by atoms with Gasteiger partial charge in [-0.25, -0.2) is 9.18 Å². The molecule has 38 heavy (non-hydrogen) atoms. The Morgan fingerprint density at radius 3 is 2.24 bits per heavy atom. The number of fused-ring (bicyclic) bond motifs is 5. The van der Waals surface area contributed by atoms with E-state index in [0.29, 0.717) is 37.2 Å². The molecule has 1 amide bonds. The molecule has 0 spiro atoms. The minimum atomic E-state index is -0.470. The first-order chi connectivity index (χ1) is 18.5. The SMILES string of the molecule is N#Cc1ccc(F)cc1CC(=O)C1CC2COCC(C1)N2C(=O)OCC1c2ccccc2-c2ccccc21. The van der Waals surface area contributed by atoms with Gasteiger partial charge in [-0.3, -0.25) is 9.69 Å². The molecular weight excluding hydrogens is 483 g/mol. The first-order valence-electron chi connectivity index (χ1n) is 13.0. The number of Topliss-reactive ketones (excluding diaryl/α,β-unsaturated/α-hetero) is 1. The number of hydrogen-bond acceptors (Lipinski definition) is 5. The van der Waals surface area contributed by atoms with E-state index in [1.807, 2.05) is 30.3 Å². The fraction of sp³-hybridized carbons (Fsp3) is 0.323. The fourth-order valence-corrected chi connectivity index (χ4v) is 6.29. The highest BCUT2D eigenvalue weighted by molar-refractivity contribution is 5.84. The summed E-state index contributed by atoms with van der Waals surface area (Å²) in [6.45, 7) is 0.921. The zero-order valence-corrected chi connectivity index (χ0v) is 20.8. The van der Waals surface area contributed by atoms with Crippen LogP contribution in [0.3, 0.4) is 0 Å². The first kappa shape index (κ1) is 24.3. The average molecular weight is 511 g/mol. The number of carbonyl (C=O) groups excluding carboxylic acids is 2. The van der Waals surface area contributed by atoms with E-state index in [9.17, 15) is 19.2 Å². The van der Waals surface area contributed by atoms with Gasteiger partial charge < -0.3 is 9.47 Å². The molecule has 0 radical (unpaired) electrons. The second-order valence-electron chi connectivity index (χ2n) is 10.3. The monoisotopic (exact) mass is 510 g/mol. The molecule has 0 N–H and O–H groups in total. The van der Waals surface area contributed by atoms with Crippen molar-refractivity contribution in [1.82, 2.24) is 4.90 Å². The van der Waals surface area contributed by atoms with Crippen LogP contribution in [0.2, 0.25) is 0 Å². The number of morpholine rings is 1. The number of nitrogens with zero attached hydrogens (tertiary/aromatic N) is 2. The summed E-state index contributed by atoms with van der Waals surface area (Å²) in [7, 11) is 0. The quantitative estimate of drug-likeness (QED) is 0.469.